The molecule has 2 amide bonds. The number of rotatable bonds is 1. The zero-order valence-electron chi connectivity index (χ0n) is 11.1. The predicted octanol–water partition coefficient (Wildman–Crippen LogP) is 2.63. The van der Waals surface area contributed by atoms with E-state index in [2.05, 4.69) is 39.1 Å². The van der Waals surface area contributed by atoms with Gasteiger partial charge in [0.25, 0.3) is 0 Å². The fourth-order valence-corrected chi connectivity index (χ4v) is 3.98. The monoisotopic (exact) mass is 333 g/mol. The lowest BCUT2D eigenvalue weighted by molar-refractivity contribution is 0.155. The number of hydrogen-bond acceptors (Lipinski definition) is 2. The number of nitrogens with two attached hydrogens (primary N) is 1. The number of amides is 2. The van der Waals surface area contributed by atoms with Crippen molar-refractivity contribution in [1.82, 2.24) is 4.90 Å². The third-order valence-electron chi connectivity index (χ3n) is 4.73. The number of nitrogens with zero attached hydrogens (tertiary/aromatic N) is 2. The van der Waals surface area contributed by atoms with Crippen molar-refractivity contribution in [3.8, 4) is 0 Å². The minimum Gasteiger partial charge on any atom is -0.385 e. The van der Waals surface area contributed by atoms with Gasteiger partial charge in [0.1, 0.15) is 11.4 Å². The third-order valence-corrected chi connectivity index (χ3v) is 5.22. The zero-order valence-corrected chi connectivity index (χ0v) is 12.7. The number of benzene rings is 1. The highest BCUT2D eigenvalue weighted by Gasteiger charge is 2.54. The topological polar surface area (TPSA) is 58.7 Å². The summed E-state index contributed by atoms with van der Waals surface area (Å²) in [7, 11) is 0. The maximum atomic E-state index is 12.2. The Hall–Kier alpha value is -1.36. The zero-order chi connectivity index (χ0) is 13.9. The average Bonchev–Trinajstić information content (AvgIpc) is 3.20. The van der Waals surface area contributed by atoms with Gasteiger partial charge in [-0.15, -0.1) is 0 Å². The van der Waals surface area contributed by atoms with Crippen molar-refractivity contribution in [1.29, 1.82) is 0 Å². The summed E-state index contributed by atoms with van der Waals surface area (Å²) < 4.78 is 1.11. The van der Waals surface area contributed by atoms with Crippen LogP contribution in [0, 0.1) is 0 Å². The van der Waals surface area contributed by atoms with E-state index in [1.807, 2.05) is 4.90 Å². The molecule has 1 spiro atoms. The summed E-state index contributed by atoms with van der Waals surface area (Å²) >= 11 is 3.52. The summed E-state index contributed by atoms with van der Waals surface area (Å²) in [6, 6.07) is 6.59. The van der Waals surface area contributed by atoms with Crippen LogP contribution in [0.2, 0.25) is 0 Å². The van der Waals surface area contributed by atoms with Gasteiger partial charge >= 0.3 is 6.03 Å². The summed E-state index contributed by atoms with van der Waals surface area (Å²) in [6.45, 7) is 0. The van der Waals surface area contributed by atoms with Crippen molar-refractivity contribution in [2.75, 3.05) is 0 Å². The van der Waals surface area contributed by atoms with E-state index >= 15 is 0 Å². The summed E-state index contributed by atoms with van der Waals surface area (Å²) in [5.41, 5.74) is 8.44. The molecule has 1 atom stereocenters. The number of amidine groups is 1. The fourth-order valence-electron chi connectivity index (χ4n) is 3.57. The van der Waals surface area contributed by atoms with Gasteiger partial charge in [-0.3, -0.25) is 0 Å². The van der Waals surface area contributed by atoms with Crippen LogP contribution in [0.5, 0.6) is 0 Å². The van der Waals surface area contributed by atoms with Gasteiger partial charge in [-0.1, -0.05) is 22.0 Å². The molecule has 1 saturated carbocycles. The van der Waals surface area contributed by atoms with Crippen LogP contribution in [-0.2, 0) is 12.8 Å². The molecule has 0 aromatic heterocycles. The molecule has 1 aliphatic heterocycles. The minimum absolute atomic E-state index is 0.134. The number of hydrogen-bond donors (Lipinski definition) is 1. The Morgan fingerprint density at radius 3 is 2.90 bits per heavy atom. The number of urea groups is 1. The van der Waals surface area contributed by atoms with Crippen molar-refractivity contribution in [2.45, 2.75) is 43.7 Å². The van der Waals surface area contributed by atoms with E-state index < -0.39 is 0 Å². The third kappa shape index (κ3) is 1.65. The summed E-state index contributed by atoms with van der Waals surface area (Å²) in [5.74, 6) is 0.517. The van der Waals surface area contributed by atoms with Crippen LogP contribution in [0.4, 0.5) is 4.79 Å². The maximum absolute atomic E-state index is 12.2. The molecular formula is C15H16BrN3O. The second-order valence-corrected chi connectivity index (χ2v) is 6.92. The van der Waals surface area contributed by atoms with Gasteiger partial charge in [0.05, 0.1) is 0 Å². The van der Waals surface area contributed by atoms with Crippen molar-refractivity contribution in [3.05, 3.63) is 33.8 Å². The lowest BCUT2D eigenvalue weighted by Crippen LogP contribution is -2.58. The maximum Gasteiger partial charge on any atom is 0.346 e. The Bertz CT molecular complexity index is 638. The van der Waals surface area contributed by atoms with Gasteiger partial charge < -0.3 is 10.6 Å². The van der Waals surface area contributed by atoms with E-state index in [1.54, 1.807) is 0 Å². The van der Waals surface area contributed by atoms with Gasteiger partial charge in [0.2, 0.25) is 0 Å². The second kappa shape index (κ2) is 4.07. The number of fused-ring (bicyclic) bond motifs is 1. The van der Waals surface area contributed by atoms with E-state index in [1.165, 1.54) is 11.1 Å². The van der Waals surface area contributed by atoms with E-state index in [0.717, 1.165) is 36.6 Å². The first-order chi connectivity index (χ1) is 9.60. The van der Waals surface area contributed by atoms with Gasteiger partial charge in [-0.2, -0.15) is 4.99 Å². The molecule has 20 heavy (non-hydrogen) atoms. The Kier molecular flexibility index (Phi) is 2.52. The van der Waals surface area contributed by atoms with Crippen LogP contribution in [0.15, 0.2) is 27.7 Å². The molecule has 1 aromatic rings. The van der Waals surface area contributed by atoms with Crippen molar-refractivity contribution in [2.24, 2.45) is 10.7 Å². The van der Waals surface area contributed by atoms with Crippen LogP contribution in [0.1, 0.15) is 30.4 Å². The predicted molar refractivity (Wildman–Crippen MR) is 80.8 cm³/mol. The van der Waals surface area contributed by atoms with Gasteiger partial charge in [-0.05, 0) is 48.9 Å². The van der Waals surface area contributed by atoms with Crippen LogP contribution in [-0.4, -0.2) is 28.3 Å². The first-order valence-corrected chi connectivity index (χ1v) is 7.85. The lowest BCUT2D eigenvalue weighted by Gasteiger charge is -2.41. The van der Waals surface area contributed by atoms with Gasteiger partial charge in [-0.25, -0.2) is 4.79 Å². The largest absolute Gasteiger partial charge is 0.385 e. The molecule has 1 unspecified atom stereocenters. The van der Waals surface area contributed by atoms with Gasteiger partial charge in [0, 0.05) is 16.9 Å². The number of carbonyl (C=O) groups excluding carboxylic acids is 1. The normalized spacial score (nSPS) is 28.8. The molecule has 0 saturated heterocycles. The number of carbonyl (C=O) groups is 1. The molecule has 0 bridgehead atoms. The molecule has 3 aliphatic rings. The highest BCUT2D eigenvalue weighted by molar-refractivity contribution is 9.10. The van der Waals surface area contributed by atoms with Crippen LogP contribution < -0.4 is 5.73 Å². The standard InChI is InChI=1S/C15H16BrN3O/c16-11-2-1-10-8-15(6-5-9(10)7-11)13(17)18-14(20)19(15)12-3-4-12/h1-2,7,12H,3-6,8H2,(H2,17,18,20). The lowest BCUT2D eigenvalue weighted by atomic mass is 9.76. The smallest absolute Gasteiger partial charge is 0.346 e. The van der Waals surface area contributed by atoms with E-state index in [9.17, 15) is 4.79 Å². The van der Waals surface area contributed by atoms with E-state index in [0.29, 0.717) is 11.9 Å². The number of halogens is 1. The molecule has 2 aliphatic carbocycles. The molecule has 4 nitrogen and oxygen atoms in total. The van der Waals surface area contributed by atoms with E-state index in [-0.39, 0.29) is 11.6 Å². The quantitative estimate of drug-likeness (QED) is 0.858. The Balaban J connectivity index is 1.76. The van der Waals surface area contributed by atoms with Crippen LogP contribution in [0.3, 0.4) is 0 Å². The van der Waals surface area contributed by atoms with E-state index in [4.69, 9.17) is 5.73 Å². The van der Waals surface area contributed by atoms with Crippen molar-refractivity contribution in [3.63, 3.8) is 0 Å². The Labute approximate surface area is 126 Å². The summed E-state index contributed by atoms with van der Waals surface area (Å²) in [6.07, 6.45) is 4.80. The molecule has 0 radical (unpaired) electrons. The minimum atomic E-state index is -0.362. The summed E-state index contributed by atoms with van der Waals surface area (Å²) in [4.78, 5) is 18.2. The molecule has 2 N–H and O–H groups in total. The number of aryl methyl sites for hydroxylation is 1. The average molecular weight is 334 g/mol. The fraction of sp³-hybridized carbons (Fsp3) is 0.467. The SMILES string of the molecule is NC1=NC(=O)N(C2CC2)C12CCc1cc(Br)ccc1C2. The van der Waals surface area contributed by atoms with Crippen LogP contribution in [0.25, 0.3) is 0 Å². The second-order valence-electron chi connectivity index (χ2n) is 6.00. The molecule has 4 rings (SSSR count). The molecular weight excluding hydrogens is 318 g/mol. The Morgan fingerprint density at radius 1 is 1.35 bits per heavy atom. The van der Waals surface area contributed by atoms with Crippen molar-refractivity contribution >= 4 is 27.8 Å². The highest BCUT2D eigenvalue weighted by atomic mass is 79.9. The van der Waals surface area contributed by atoms with Crippen LogP contribution >= 0.6 is 15.9 Å². The molecule has 1 heterocycles. The first kappa shape index (κ1) is 12.4. The highest BCUT2D eigenvalue weighted by Crippen LogP contribution is 2.43. The van der Waals surface area contributed by atoms with Crippen molar-refractivity contribution < 1.29 is 4.79 Å². The molecule has 1 aromatic carbocycles. The molecule has 104 valence electrons. The summed E-state index contributed by atoms with van der Waals surface area (Å²) in [5, 5.41) is 0. The molecule has 5 heteroatoms. The van der Waals surface area contributed by atoms with Gasteiger partial charge in [0.15, 0.2) is 0 Å². The number of aliphatic imine (C=N–C) groups is 1. The Morgan fingerprint density at radius 2 is 2.15 bits per heavy atom. The molecule has 1 fully saturated rings. The first-order valence-electron chi connectivity index (χ1n) is 7.05.